The predicted octanol–water partition coefficient (Wildman–Crippen LogP) is 3.94. The molecule has 170 valence electrons. The van der Waals surface area contributed by atoms with Crippen molar-refractivity contribution in [3.63, 3.8) is 0 Å². The Bertz CT molecular complexity index is 825. The molecule has 1 fully saturated rings. The van der Waals surface area contributed by atoms with Crippen LogP contribution in [0.4, 0.5) is 4.79 Å². The standard InChI is InChI=1S/C23H34BNO6/c1-21(2,3)29-20(27)25-15-18(24-30-22(4,5)23(6,7)31-24)13-16-10-9-11-17(12-16)14-19(26)28-8/h9-13H,14-15H2,1-8H3,(H,25,27). The number of esters is 1. The maximum Gasteiger partial charge on any atom is 0.492 e. The number of benzene rings is 1. The van der Waals surface area contributed by atoms with E-state index in [4.69, 9.17) is 18.8 Å². The van der Waals surface area contributed by atoms with E-state index in [1.807, 2.05) is 78.8 Å². The SMILES string of the molecule is COC(=O)Cc1cccc(C=C(CNC(=O)OC(C)(C)C)B2OC(C)(C)C(C)(C)O2)c1. The normalized spacial score (nSPS) is 17.9. The number of methoxy groups -OCH3 is 1. The van der Waals surface area contributed by atoms with Crippen molar-refractivity contribution in [1.82, 2.24) is 5.32 Å². The van der Waals surface area contributed by atoms with Crippen molar-refractivity contribution in [2.45, 2.75) is 71.7 Å². The summed E-state index contributed by atoms with van der Waals surface area (Å²) in [4.78, 5) is 23.8. The lowest BCUT2D eigenvalue weighted by atomic mass is 9.77. The molecule has 1 heterocycles. The van der Waals surface area contributed by atoms with E-state index in [1.54, 1.807) is 0 Å². The number of hydrogen-bond donors (Lipinski definition) is 1. The molecule has 1 aromatic carbocycles. The highest BCUT2D eigenvalue weighted by Crippen LogP contribution is 2.38. The van der Waals surface area contributed by atoms with Gasteiger partial charge < -0.3 is 24.1 Å². The van der Waals surface area contributed by atoms with Crippen LogP contribution in [0.2, 0.25) is 0 Å². The number of carbonyl (C=O) groups excluding carboxylic acids is 2. The van der Waals surface area contributed by atoms with Crippen molar-refractivity contribution in [2.24, 2.45) is 0 Å². The first-order chi connectivity index (χ1) is 14.2. The molecule has 1 aromatic rings. The number of hydrogen-bond acceptors (Lipinski definition) is 6. The summed E-state index contributed by atoms with van der Waals surface area (Å²) in [5.74, 6) is -0.307. The minimum atomic E-state index is -0.635. The average molecular weight is 431 g/mol. The van der Waals surface area contributed by atoms with Gasteiger partial charge in [0.2, 0.25) is 0 Å². The molecule has 0 aromatic heterocycles. The van der Waals surface area contributed by atoms with Gasteiger partial charge in [-0.3, -0.25) is 4.79 Å². The summed E-state index contributed by atoms with van der Waals surface area (Å²) < 4.78 is 22.5. The molecule has 0 atom stereocenters. The van der Waals surface area contributed by atoms with Crippen LogP contribution in [0.25, 0.3) is 6.08 Å². The number of rotatable bonds is 6. The molecule has 31 heavy (non-hydrogen) atoms. The van der Waals surface area contributed by atoms with Crippen molar-refractivity contribution in [2.75, 3.05) is 13.7 Å². The lowest BCUT2D eigenvalue weighted by Crippen LogP contribution is -2.41. The second kappa shape index (κ2) is 9.45. The molecule has 0 radical (unpaired) electrons. The fourth-order valence-corrected chi connectivity index (χ4v) is 2.93. The quantitative estimate of drug-likeness (QED) is 0.543. The number of carbonyl (C=O) groups is 2. The van der Waals surface area contributed by atoms with Crippen LogP contribution in [0, 0.1) is 0 Å². The van der Waals surface area contributed by atoms with Crippen LogP contribution < -0.4 is 5.32 Å². The second-order valence-corrected chi connectivity index (χ2v) is 9.66. The minimum absolute atomic E-state index is 0.181. The average Bonchev–Trinajstić information content (AvgIpc) is 2.84. The first-order valence-electron chi connectivity index (χ1n) is 10.4. The fraction of sp³-hybridized carbons (Fsp3) is 0.565. The van der Waals surface area contributed by atoms with Gasteiger partial charge >= 0.3 is 19.2 Å². The van der Waals surface area contributed by atoms with Crippen molar-refractivity contribution >= 4 is 25.3 Å². The lowest BCUT2D eigenvalue weighted by molar-refractivity contribution is -0.139. The molecule has 1 saturated heterocycles. The Labute approximate surface area is 185 Å². The van der Waals surface area contributed by atoms with E-state index in [0.29, 0.717) is 0 Å². The zero-order valence-electron chi connectivity index (χ0n) is 19.8. The maximum absolute atomic E-state index is 12.2. The van der Waals surface area contributed by atoms with E-state index in [9.17, 15) is 9.59 Å². The summed E-state index contributed by atoms with van der Waals surface area (Å²) in [5.41, 5.74) is 0.788. The molecule has 1 amide bonds. The fourth-order valence-electron chi connectivity index (χ4n) is 2.93. The van der Waals surface area contributed by atoms with Crippen molar-refractivity contribution < 1.29 is 28.4 Å². The third-order valence-corrected chi connectivity index (χ3v) is 5.27. The summed E-state index contributed by atoms with van der Waals surface area (Å²) in [6.07, 6.45) is 1.56. The van der Waals surface area contributed by atoms with Gasteiger partial charge in [0.1, 0.15) is 5.60 Å². The van der Waals surface area contributed by atoms with Crippen molar-refractivity contribution in [1.29, 1.82) is 0 Å². The lowest BCUT2D eigenvalue weighted by Gasteiger charge is -2.32. The molecule has 2 rings (SSSR count). The van der Waals surface area contributed by atoms with Gasteiger partial charge in [-0.1, -0.05) is 30.3 Å². The van der Waals surface area contributed by atoms with Gasteiger partial charge in [-0.2, -0.15) is 0 Å². The summed E-state index contributed by atoms with van der Waals surface area (Å²) in [6, 6.07) is 7.55. The first-order valence-corrected chi connectivity index (χ1v) is 10.4. The van der Waals surface area contributed by atoms with E-state index < -0.39 is 30.0 Å². The van der Waals surface area contributed by atoms with Crippen LogP contribution in [-0.4, -0.2) is 49.6 Å². The second-order valence-electron chi connectivity index (χ2n) is 9.66. The first kappa shape index (κ1) is 24.9. The van der Waals surface area contributed by atoms with Crippen LogP contribution in [-0.2, 0) is 30.0 Å². The Morgan fingerprint density at radius 1 is 1.13 bits per heavy atom. The summed E-state index contributed by atoms with van der Waals surface area (Å²) in [7, 11) is 0.731. The summed E-state index contributed by atoms with van der Waals surface area (Å²) in [5, 5.41) is 2.78. The van der Waals surface area contributed by atoms with Gasteiger partial charge in [0.05, 0.1) is 24.7 Å². The van der Waals surface area contributed by atoms with Crippen LogP contribution in [0.5, 0.6) is 0 Å². The Morgan fingerprint density at radius 2 is 1.74 bits per heavy atom. The Balaban J connectivity index is 2.28. The molecular weight excluding hydrogens is 397 g/mol. The molecular formula is C23H34BNO6. The van der Waals surface area contributed by atoms with Crippen LogP contribution >= 0.6 is 0 Å². The van der Waals surface area contributed by atoms with Crippen LogP contribution in [0.3, 0.4) is 0 Å². The third-order valence-electron chi connectivity index (χ3n) is 5.27. The van der Waals surface area contributed by atoms with E-state index in [0.717, 1.165) is 16.6 Å². The van der Waals surface area contributed by atoms with Crippen molar-refractivity contribution in [3.05, 3.63) is 40.9 Å². The largest absolute Gasteiger partial charge is 0.492 e. The predicted molar refractivity (Wildman–Crippen MR) is 120 cm³/mol. The molecule has 0 aliphatic carbocycles. The highest BCUT2D eigenvalue weighted by atomic mass is 16.7. The molecule has 0 unspecified atom stereocenters. The minimum Gasteiger partial charge on any atom is -0.469 e. The Hall–Kier alpha value is -2.32. The highest BCUT2D eigenvalue weighted by molar-refractivity contribution is 6.56. The van der Waals surface area contributed by atoms with Gasteiger partial charge in [-0.05, 0) is 65.1 Å². The molecule has 1 aliphatic heterocycles. The van der Waals surface area contributed by atoms with Gasteiger partial charge in [0.25, 0.3) is 0 Å². The van der Waals surface area contributed by atoms with E-state index in [1.165, 1.54) is 7.11 Å². The zero-order chi connectivity index (χ0) is 23.4. The number of ether oxygens (including phenoxy) is 2. The van der Waals surface area contributed by atoms with Gasteiger partial charge in [0, 0.05) is 6.54 Å². The Kier molecular flexibility index (Phi) is 7.60. The van der Waals surface area contributed by atoms with E-state index >= 15 is 0 Å². The zero-order valence-corrected chi connectivity index (χ0v) is 19.8. The molecule has 1 aliphatic rings. The van der Waals surface area contributed by atoms with Crippen molar-refractivity contribution in [3.8, 4) is 0 Å². The topological polar surface area (TPSA) is 83.1 Å². The molecule has 0 spiro atoms. The highest BCUT2D eigenvalue weighted by Gasteiger charge is 2.52. The third kappa shape index (κ3) is 7.11. The van der Waals surface area contributed by atoms with E-state index in [2.05, 4.69) is 5.32 Å². The molecule has 0 bridgehead atoms. The number of nitrogens with one attached hydrogen (secondary N) is 1. The molecule has 1 N–H and O–H groups in total. The summed E-state index contributed by atoms with van der Waals surface area (Å²) in [6.45, 7) is 13.5. The van der Waals surface area contributed by atoms with Gasteiger partial charge in [-0.15, -0.1) is 0 Å². The van der Waals surface area contributed by atoms with Gasteiger partial charge in [-0.25, -0.2) is 4.79 Å². The Morgan fingerprint density at radius 3 is 2.29 bits per heavy atom. The molecule has 7 nitrogen and oxygen atoms in total. The van der Waals surface area contributed by atoms with Gasteiger partial charge in [0.15, 0.2) is 0 Å². The van der Waals surface area contributed by atoms with Crippen LogP contribution in [0.15, 0.2) is 29.7 Å². The molecule has 8 heteroatoms. The van der Waals surface area contributed by atoms with E-state index in [-0.39, 0.29) is 18.9 Å². The maximum atomic E-state index is 12.2. The van der Waals surface area contributed by atoms with Crippen LogP contribution in [0.1, 0.15) is 59.6 Å². The number of alkyl carbamates (subject to hydrolysis) is 1. The summed E-state index contributed by atoms with van der Waals surface area (Å²) >= 11 is 0. The smallest absolute Gasteiger partial charge is 0.469 e. The monoisotopic (exact) mass is 431 g/mol. The molecule has 0 saturated carbocycles. The number of amides is 1.